The summed E-state index contributed by atoms with van der Waals surface area (Å²) in [7, 11) is -3.43. The van der Waals surface area contributed by atoms with Crippen LogP contribution in [0.3, 0.4) is 0 Å². The number of benzene rings is 1. The summed E-state index contributed by atoms with van der Waals surface area (Å²) >= 11 is 1.56. The lowest BCUT2D eigenvalue weighted by molar-refractivity contribution is 0.164. The summed E-state index contributed by atoms with van der Waals surface area (Å²) in [5.41, 5.74) is 0.864. The Morgan fingerprint density at radius 1 is 1.07 bits per heavy atom. The normalized spacial score (nSPS) is 16.7. The van der Waals surface area contributed by atoms with Gasteiger partial charge in [-0.3, -0.25) is 4.90 Å². The minimum Gasteiger partial charge on any atom is -0.338 e. The highest BCUT2D eigenvalue weighted by Crippen LogP contribution is 2.22. The molecule has 1 aliphatic heterocycles. The van der Waals surface area contributed by atoms with Gasteiger partial charge >= 0.3 is 0 Å². The molecule has 28 heavy (non-hydrogen) atoms. The number of nitrogens with zero attached hydrogens (tertiary/aromatic N) is 4. The van der Waals surface area contributed by atoms with Gasteiger partial charge in [0.15, 0.2) is 0 Å². The van der Waals surface area contributed by atoms with E-state index in [1.54, 1.807) is 17.4 Å². The molecule has 0 saturated carbocycles. The molecule has 0 atom stereocenters. The number of hydrogen-bond acceptors (Lipinski definition) is 7. The molecular formula is C19H20N4O3S2. The quantitative estimate of drug-likeness (QED) is 0.615. The third kappa shape index (κ3) is 4.56. The van der Waals surface area contributed by atoms with E-state index in [2.05, 4.69) is 15.0 Å². The molecule has 0 bridgehead atoms. The van der Waals surface area contributed by atoms with Crippen molar-refractivity contribution in [3.8, 4) is 10.7 Å². The zero-order valence-corrected chi connectivity index (χ0v) is 16.8. The molecule has 1 fully saturated rings. The molecule has 0 amide bonds. The fourth-order valence-electron chi connectivity index (χ4n) is 2.97. The molecule has 3 aromatic rings. The third-order valence-electron chi connectivity index (χ3n) is 4.49. The molecular weight excluding hydrogens is 396 g/mol. The molecule has 0 unspecified atom stereocenters. The maximum Gasteiger partial charge on any atom is 0.241 e. The number of sulfonamides is 1. The predicted molar refractivity (Wildman–Crippen MR) is 109 cm³/mol. The summed E-state index contributed by atoms with van der Waals surface area (Å²) in [5.74, 6) is 1.14. The van der Waals surface area contributed by atoms with Crippen molar-refractivity contribution in [3.63, 3.8) is 0 Å². The van der Waals surface area contributed by atoms with Gasteiger partial charge in [-0.05, 0) is 23.1 Å². The first kappa shape index (κ1) is 19.0. The monoisotopic (exact) mass is 416 g/mol. The zero-order valence-electron chi connectivity index (χ0n) is 15.1. The SMILES string of the molecule is O=S(=O)(/C=C/c1ccccc1)N1CCN(Cc2nc(-c3cccs3)no2)CC1. The Morgan fingerprint density at radius 3 is 2.57 bits per heavy atom. The van der Waals surface area contributed by atoms with E-state index in [-0.39, 0.29) is 0 Å². The van der Waals surface area contributed by atoms with Crippen LogP contribution in [0.1, 0.15) is 11.5 Å². The standard InChI is InChI=1S/C19H20N4O3S2/c24-28(25,14-8-16-5-2-1-3-6-16)23-11-9-22(10-12-23)15-18-20-19(21-26-18)17-7-4-13-27-17/h1-8,13-14H,9-12,15H2/b14-8+. The van der Waals surface area contributed by atoms with E-state index in [1.807, 2.05) is 47.8 Å². The van der Waals surface area contributed by atoms with Crippen molar-refractivity contribution in [2.75, 3.05) is 26.2 Å². The number of hydrogen-bond donors (Lipinski definition) is 0. The van der Waals surface area contributed by atoms with Gasteiger partial charge in [-0.25, -0.2) is 8.42 Å². The van der Waals surface area contributed by atoms with Crippen LogP contribution in [0.2, 0.25) is 0 Å². The highest BCUT2D eigenvalue weighted by molar-refractivity contribution is 7.92. The van der Waals surface area contributed by atoms with Crippen LogP contribution in [0.5, 0.6) is 0 Å². The molecule has 4 rings (SSSR count). The molecule has 2 aromatic heterocycles. The van der Waals surface area contributed by atoms with Gasteiger partial charge < -0.3 is 4.52 Å². The van der Waals surface area contributed by atoms with Crippen LogP contribution < -0.4 is 0 Å². The molecule has 1 aliphatic rings. The van der Waals surface area contributed by atoms with Crippen molar-refractivity contribution in [2.45, 2.75) is 6.54 Å². The average molecular weight is 417 g/mol. The molecule has 0 N–H and O–H groups in total. The summed E-state index contributed by atoms with van der Waals surface area (Å²) < 4.78 is 31.9. The van der Waals surface area contributed by atoms with Crippen molar-refractivity contribution in [3.05, 3.63) is 64.7 Å². The van der Waals surface area contributed by atoms with E-state index in [1.165, 1.54) is 9.71 Å². The lowest BCUT2D eigenvalue weighted by Gasteiger charge is -2.32. The van der Waals surface area contributed by atoms with Gasteiger partial charge in [0, 0.05) is 31.6 Å². The highest BCUT2D eigenvalue weighted by Gasteiger charge is 2.26. The van der Waals surface area contributed by atoms with Gasteiger partial charge in [-0.2, -0.15) is 9.29 Å². The maximum absolute atomic E-state index is 12.5. The van der Waals surface area contributed by atoms with Gasteiger partial charge in [0.2, 0.25) is 21.7 Å². The summed E-state index contributed by atoms with van der Waals surface area (Å²) in [6.07, 6.45) is 1.63. The highest BCUT2D eigenvalue weighted by atomic mass is 32.2. The Bertz CT molecular complexity index is 1020. The van der Waals surface area contributed by atoms with Crippen LogP contribution in [0.25, 0.3) is 16.8 Å². The van der Waals surface area contributed by atoms with Crippen LogP contribution in [-0.4, -0.2) is 53.9 Å². The minimum absolute atomic E-state index is 0.438. The van der Waals surface area contributed by atoms with E-state index in [0.717, 1.165) is 10.4 Å². The van der Waals surface area contributed by atoms with E-state index in [4.69, 9.17) is 4.52 Å². The van der Waals surface area contributed by atoms with Crippen LogP contribution >= 0.6 is 11.3 Å². The van der Waals surface area contributed by atoms with Crippen LogP contribution in [0, 0.1) is 0 Å². The second-order valence-electron chi connectivity index (χ2n) is 6.42. The Kier molecular flexibility index (Phi) is 5.67. The molecule has 0 radical (unpaired) electrons. The fraction of sp³-hybridized carbons (Fsp3) is 0.263. The van der Waals surface area contributed by atoms with Gasteiger partial charge in [-0.15, -0.1) is 11.3 Å². The third-order valence-corrected chi connectivity index (χ3v) is 6.92. The van der Waals surface area contributed by atoms with Gasteiger partial charge in [0.1, 0.15) is 0 Å². The van der Waals surface area contributed by atoms with Crippen LogP contribution in [-0.2, 0) is 16.6 Å². The number of thiophene rings is 1. The first-order valence-electron chi connectivity index (χ1n) is 8.92. The number of piperazine rings is 1. The molecule has 7 nitrogen and oxygen atoms in total. The topological polar surface area (TPSA) is 79.5 Å². The molecule has 1 saturated heterocycles. The fourth-order valence-corrected chi connectivity index (χ4v) is 4.80. The second kappa shape index (κ2) is 8.36. The average Bonchev–Trinajstić information content (AvgIpc) is 3.40. The smallest absolute Gasteiger partial charge is 0.241 e. The Hall–Kier alpha value is -2.33. The predicted octanol–water partition coefficient (Wildman–Crippen LogP) is 2.92. The lowest BCUT2D eigenvalue weighted by Crippen LogP contribution is -2.47. The summed E-state index contributed by atoms with van der Waals surface area (Å²) in [6, 6.07) is 13.3. The van der Waals surface area contributed by atoms with Crippen molar-refractivity contribution >= 4 is 27.4 Å². The van der Waals surface area contributed by atoms with Crippen molar-refractivity contribution < 1.29 is 12.9 Å². The first-order chi connectivity index (χ1) is 13.6. The van der Waals surface area contributed by atoms with Gasteiger partial charge in [-0.1, -0.05) is 41.6 Å². The van der Waals surface area contributed by atoms with E-state index in [9.17, 15) is 8.42 Å². The van der Waals surface area contributed by atoms with Crippen molar-refractivity contribution in [1.29, 1.82) is 0 Å². The molecule has 9 heteroatoms. The largest absolute Gasteiger partial charge is 0.338 e. The van der Waals surface area contributed by atoms with E-state index < -0.39 is 10.0 Å². The Labute approximate surface area is 168 Å². The lowest BCUT2D eigenvalue weighted by atomic mass is 10.2. The summed E-state index contributed by atoms with van der Waals surface area (Å²) in [5, 5.41) is 7.26. The summed E-state index contributed by atoms with van der Waals surface area (Å²) in [4.78, 5) is 7.52. The van der Waals surface area contributed by atoms with Crippen molar-refractivity contribution in [1.82, 2.24) is 19.3 Å². The molecule has 146 valence electrons. The van der Waals surface area contributed by atoms with Gasteiger partial charge in [0.05, 0.1) is 11.4 Å². The molecule has 0 aliphatic carbocycles. The van der Waals surface area contributed by atoms with Crippen LogP contribution in [0.4, 0.5) is 0 Å². The first-order valence-corrected chi connectivity index (χ1v) is 11.3. The Balaban J connectivity index is 1.32. The summed E-state index contributed by atoms with van der Waals surface area (Å²) in [6.45, 7) is 2.64. The molecule has 1 aromatic carbocycles. The van der Waals surface area contributed by atoms with Crippen molar-refractivity contribution in [2.24, 2.45) is 0 Å². The zero-order chi connectivity index (χ0) is 19.4. The van der Waals surface area contributed by atoms with Crippen LogP contribution in [0.15, 0.2) is 57.8 Å². The van der Waals surface area contributed by atoms with Gasteiger partial charge in [0.25, 0.3) is 0 Å². The minimum atomic E-state index is -3.43. The Morgan fingerprint density at radius 2 is 1.86 bits per heavy atom. The van der Waals surface area contributed by atoms with E-state index >= 15 is 0 Å². The molecule has 3 heterocycles. The number of rotatable bonds is 6. The maximum atomic E-state index is 12.5. The second-order valence-corrected chi connectivity index (χ2v) is 9.19. The van der Waals surface area contributed by atoms with E-state index in [0.29, 0.717) is 44.4 Å². The molecule has 0 spiro atoms. The number of aromatic nitrogens is 2.